The van der Waals surface area contributed by atoms with Crippen molar-refractivity contribution in [1.29, 1.82) is 0 Å². The van der Waals surface area contributed by atoms with Gasteiger partial charge in [0.25, 0.3) is 0 Å². The Morgan fingerprint density at radius 3 is 2.54 bits per heavy atom. The molecule has 1 aromatic heterocycles. The first-order valence-electron chi connectivity index (χ1n) is 8.97. The highest BCUT2D eigenvalue weighted by Crippen LogP contribution is 2.20. The predicted molar refractivity (Wildman–Crippen MR) is 105 cm³/mol. The second-order valence-electron chi connectivity index (χ2n) is 6.51. The molecule has 0 saturated carbocycles. The number of nitrogens with zero attached hydrogens (tertiary/aromatic N) is 2. The van der Waals surface area contributed by atoms with Crippen molar-refractivity contribution in [2.75, 3.05) is 0 Å². The van der Waals surface area contributed by atoms with Crippen molar-refractivity contribution in [2.45, 2.75) is 26.5 Å². The molecule has 4 rings (SSSR count). The molecule has 0 spiro atoms. The lowest BCUT2D eigenvalue weighted by Crippen LogP contribution is -2.09. The maximum atomic E-state index is 6.01. The summed E-state index contributed by atoms with van der Waals surface area (Å²) in [5.74, 6) is 1.84. The summed E-state index contributed by atoms with van der Waals surface area (Å²) in [4.78, 5) is 4.80. The van der Waals surface area contributed by atoms with E-state index < -0.39 is 0 Å². The normalized spacial score (nSPS) is 11.0. The highest BCUT2D eigenvalue weighted by molar-refractivity contribution is 5.75. The molecular weight excluding hydrogens is 320 g/mol. The second kappa shape index (κ2) is 7.44. The molecule has 3 heteroatoms. The number of benzene rings is 3. The van der Waals surface area contributed by atoms with Gasteiger partial charge in [-0.3, -0.25) is 0 Å². The first-order valence-corrected chi connectivity index (χ1v) is 8.97. The van der Waals surface area contributed by atoms with Gasteiger partial charge in [0.15, 0.2) is 0 Å². The molecule has 0 aliphatic carbocycles. The van der Waals surface area contributed by atoms with Crippen LogP contribution in [0.25, 0.3) is 11.0 Å². The van der Waals surface area contributed by atoms with Crippen LogP contribution < -0.4 is 4.74 Å². The van der Waals surface area contributed by atoms with Gasteiger partial charge < -0.3 is 9.30 Å². The van der Waals surface area contributed by atoms with Crippen LogP contribution in [0.5, 0.6) is 5.75 Å². The Balaban J connectivity index is 1.58. The van der Waals surface area contributed by atoms with E-state index in [9.17, 15) is 0 Å². The molecule has 0 aliphatic rings. The van der Waals surface area contributed by atoms with E-state index in [4.69, 9.17) is 9.72 Å². The summed E-state index contributed by atoms with van der Waals surface area (Å²) in [5.41, 5.74) is 4.70. The molecular formula is C23H22N2O. The van der Waals surface area contributed by atoms with Crippen LogP contribution in [0.2, 0.25) is 0 Å². The van der Waals surface area contributed by atoms with Crippen LogP contribution in [0.4, 0.5) is 0 Å². The van der Waals surface area contributed by atoms with Gasteiger partial charge in [-0.1, -0.05) is 54.6 Å². The van der Waals surface area contributed by atoms with Crippen molar-refractivity contribution in [3.63, 3.8) is 0 Å². The van der Waals surface area contributed by atoms with Gasteiger partial charge in [0, 0.05) is 6.54 Å². The molecule has 4 aromatic rings. The summed E-state index contributed by atoms with van der Waals surface area (Å²) in [6, 6.07) is 27.0. The predicted octanol–water partition coefficient (Wildman–Crippen LogP) is 5.17. The molecule has 0 fully saturated rings. The van der Waals surface area contributed by atoms with Crippen molar-refractivity contribution < 1.29 is 4.74 Å². The fraction of sp³-hybridized carbons (Fsp3) is 0.174. The number of ether oxygens (including phenoxy) is 1. The first kappa shape index (κ1) is 16.4. The monoisotopic (exact) mass is 342 g/mol. The lowest BCUT2D eigenvalue weighted by molar-refractivity contribution is 0.290. The molecule has 1 heterocycles. The molecule has 0 saturated heterocycles. The molecule has 3 nitrogen and oxygen atoms in total. The van der Waals surface area contributed by atoms with Crippen molar-refractivity contribution in [2.24, 2.45) is 0 Å². The number of aryl methyl sites for hydroxylation is 3. The van der Waals surface area contributed by atoms with Gasteiger partial charge in [-0.2, -0.15) is 0 Å². The molecule has 26 heavy (non-hydrogen) atoms. The quantitative estimate of drug-likeness (QED) is 0.483. The topological polar surface area (TPSA) is 27.1 Å². The molecule has 0 bridgehead atoms. The molecule has 0 radical (unpaired) electrons. The lowest BCUT2D eigenvalue weighted by atomic mass is 10.1. The number of aromatic nitrogens is 2. The third kappa shape index (κ3) is 3.62. The Bertz CT molecular complexity index is 1010. The maximum Gasteiger partial charge on any atom is 0.148 e. The van der Waals surface area contributed by atoms with E-state index in [2.05, 4.69) is 72.2 Å². The van der Waals surface area contributed by atoms with Crippen LogP contribution in [0.3, 0.4) is 0 Å². The Morgan fingerprint density at radius 2 is 1.69 bits per heavy atom. The van der Waals surface area contributed by atoms with Crippen LogP contribution in [0, 0.1) is 6.92 Å². The van der Waals surface area contributed by atoms with Gasteiger partial charge in [0.1, 0.15) is 18.2 Å². The number of hydrogen-bond donors (Lipinski definition) is 0. The number of fused-ring (bicyclic) bond motifs is 1. The minimum atomic E-state index is 0.465. The zero-order valence-electron chi connectivity index (χ0n) is 14.9. The molecule has 0 N–H and O–H groups in total. The van der Waals surface area contributed by atoms with Crippen LogP contribution >= 0.6 is 0 Å². The first-order chi connectivity index (χ1) is 12.8. The van der Waals surface area contributed by atoms with Gasteiger partial charge in [-0.25, -0.2) is 4.98 Å². The zero-order chi connectivity index (χ0) is 17.8. The lowest BCUT2D eigenvalue weighted by Gasteiger charge is -2.11. The van der Waals surface area contributed by atoms with Gasteiger partial charge in [0.05, 0.1) is 11.0 Å². The minimum absolute atomic E-state index is 0.465. The summed E-state index contributed by atoms with van der Waals surface area (Å²) < 4.78 is 8.29. The van der Waals surface area contributed by atoms with Crippen LogP contribution in [0.15, 0.2) is 78.9 Å². The van der Waals surface area contributed by atoms with Gasteiger partial charge >= 0.3 is 0 Å². The number of imidazole rings is 1. The van der Waals surface area contributed by atoms with Gasteiger partial charge in [0.2, 0.25) is 0 Å². The van der Waals surface area contributed by atoms with Crippen molar-refractivity contribution in [3.8, 4) is 5.75 Å². The summed E-state index contributed by atoms with van der Waals surface area (Å²) in [5, 5.41) is 0. The molecule has 0 aliphatic heterocycles. The minimum Gasteiger partial charge on any atom is -0.486 e. The zero-order valence-corrected chi connectivity index (χ0v) is 14.9. The Morgan fingerprint density at radius 1 is 0.885 bits per heavy atom. The van der Waals surface area contributed by atoms with E-state index in [1.54, 1.807) is 0 Å². The Kier molecular flexibility index (Phi) is 4.69. The summed E-state index contributed by atoms with van der Waals surface area (Å²) in [6.07, 6.45) is 0.971. The number of rotatable bonds is 6. The molecule has 0 unspecified atom stereocenters. The summed E-state index contributed by atoms with van der Waals surface area (Å²) >= 11 is 0. The SMILES string of the molecule is Cc1cccc(OCc2nc3ccccc3n2CCc2ccccc2)c1. The maximum absolute atomic E-state index is 6.01. The molecule has 3 aromatic carbocycles. The van der Waals surface area contributed by atoms with E-state index in [0.29, 0.717) is 6.61 Å². The Labute approximate surface area is 153 Å². The van der Waals surface area contributed by atoms with Crippen LogP contribution in [0.1, 0.15) is 17.0 Å². The van der Waals surface area contributed by atoms with E-state index in [1.807, 2.05) is 18.2 Å². The second-order valence-corrected chi connectivity index (χ2v) is 6.51. The van der Waals surface area contributed by atoms with Crippen molar-refractivity contribution in [1.82, 2.24) is 9.55 Å². The summed E-state index contributed by atoms with van der Waals surface area (Å²) in [6.45, 7) is 3.42. The molecule has 0 amide bonds. The smallest absolute Gasteiger partial charge is 0.148 e. The van der Waals surface area contributed by atoms with Crippen LogP contribution in [-0.2, 0) is 19.6 Å². The van der Waals surface area contributed by atoms with E-state index >= 15 is 0 Å². The number of hydrogen-bond acceptors (Lipinski definition) is 2. The molecule has 130 valence electrons. The van der Waals surface area contributed by atoms with Gasteiger partial charge in [-0.05, 0) is 48.7 Å². The number of para-hydroxylation sites is 2. The van der Waals surface area contributed by atoms with Crippen LogP contribution in [-0.4, -0.2) is 9.55 Å². The fourth-order valence-electron chi connectivity index (χ4n) is 3.22. The van der Waals surface area contributed by atoms with Crippen molar-refractivity contribution >= 4 is 11.0 Å². The van der Waals surface area contributed by atoms with Gasteiger partial charge in [-0.15, -0.1) is 0 Å². The highest BCUT2D eigenvalue weighted by Gasteiger charge is 2.11. The average Bonchev–Trinajstić information content (AvgIpc) is 3.03. The van der Waals surface area contributed by atoms with E-state index in [1.165, 1.54) is 11.1 Å². The van der Waals surface area contributed by atoms with Crippen molar-refractivity contribution in [3.05, 3.63) is 95.8 Å². The highest BCUT2D eigenvalue weighted by atomic mass is 16.5. The third-order valence-electron chi connectivity index (χ3n) is 4.56. The molecule has 0 atom stereocenters. The third-order valence-corrected chi connectivity index (χ3v) is 4.56. The Hall–Kier alpha value is -3.07. The largest absolute Gasteiger partial charge is 0.486 e. The summed E-state index contributed by atoms with van der Waals surface area (Å²) in [7, 11) is 0. The van der Waals surface area contributed by atoms with E-state index in [0.717, 1.165) is 35.6 Å². The fourth-order valence-corrected chi connectivity index (χ4v) is 3.22. The van der Waals surface area contributed by atoms with E-state index in [-0.39, 0.29) is 0 Å². The average molecular weight is 342 g/mol. The standard InChI is InChI=1S/C23H22N2O/c1-18-8-7-11-20(16-18)26-17-23-24-21-12-5-6-13-22(21)25(23)15-14-19-9-3-2-4-10-19/h2-13,16H,14-15,17H2,1H3.